The van der Waals surface area contributed by atoms with Gasteiger partial charge in [0.25, 0.3) is 0 Å². The summed E-state index contributed by atoms with van der Waals surface area (Å²) in [6.07, 6.45) is 21.2. The Bertz CT molecular complexity index is 1720. The second-order valence-electron chi connectivity index (χ2n) is 11.7. The lowest BCUT2D eigenvalue weighted by Crippen LogP contribution is -1.90. The Hall–Kier alpha value is -4.18. The predicted molar refractivity (Wildman–Crippen MR) is 179 cm³/mol. The number of aromatic nitrogens is 4. The van der Waals surface area contributed by atoms with Crippen molar-refractivity contribution in [2.24, 2.45) is 0 Å². The molecule has 4 aromatic rings. The van der Waals surface area contributed by atoms with Gasteiger partial charge in [-0.2, -0.15) is 0 Å². The third kappa shape index (κ3) is 7.36. The molecule has 2 aliphatic rings. The van der Waals surface area contributed by atoms with E-state index in [9.17, 15) is 0 Å². The van der Waals surface area contributed by atoms with Gasteiger partial charge < -0.3 is 9.97 Å². The first-order valence-electron chi connectivity index (χ1n) is 15.9. The van der Waals surface area contributed by atoms with Gasteiger partial charge >= 0.3 is 0 Å². The summed E-state index contributed by atoms with van der Waals surface area (Å²) in [6.45, 7) is 2.29. The lowest BCUT2D eigenvalue weighted by molar-refractivity contribution is 0.556. The van der Waals surface area contributed by atoms with E-state index >= 15 is 0 Å². The fourth-order valence-electron chi connectivity index (χ4n) is 5.91. The summed E-state index contributed by atoms with van der Waals surface area (Å²) < 4.78 is 0. The highest BCUT2D eigenvalue weighted by Gasteiger charge is 2.14. The molecule has 0 radical (unpaired) electrons. The van der Waals surface area contributed by atoms with Gasteiger partial charge in [0.15, 0.2) is 0 Å². The molecule has 0 fully saturated rings. The van der Waals surface area contributed by atoms with E-state index in [4.69, 9.17) is 9.97 Å². The number of aryl methyl sites for hydroxylation is 1. The summed E-state index contributed by atoms with van der Waals surface area (Å²) in [5, 5.41) is 0. The third-order valence-corrected chi connectivity index (χ3v) is 8.25. The van der Waals surface area contributed by atoms with E-state index in [1.165, 1.54) is 75.3 Å². The molecule has 8 bridgehead atoms. The summed E-state index contributed by atoms with van der Waals surface area (Å²) in [7, 11) is 0. The molecule has 3 aromatic heterocycles. The van der Waals surface area contributed by atoms with Crippen LogP contribution in [0.5, 0.6) is 0 Å². The van der Waals surface area contributed by atoms with Crippen LogP contribution < -0.4 is 0 Å². The van der Waals surface area contributed by atoms with Crippen molar-refractivity contribution in [3.05, 3.63) is 107 Å². The van der Waals surface area contributed by atoms with Gasteiger partial charge in [-0.1, -0.05) is 89.0 Å². The van der Waals surface area contributed by atoms with Crippen LogP contribution in [0.3, 0.4) is 0 Å². The zero-order valence-corrected chi connectivity index (χ0v) is 24.8. The van der Waals surface area contributed by atoms with Crippen molar-refractivity contribution in [1.29, 1.82) is 0 Å². The first-order chi connectivity index (χ1) is 20.7. The van der Waals surface area contributed by atoms with E-state index in [0.29, 0.717) is 0 Å². The number of rotatable bonds is 12. The SMILES string of the molecule is CCCCCCCCCCCCc1ccc(C2=Cc3cc4ccc(cc5ccc(cc6nc(cc2n3)C=C6)[nH]5)[nH]4)cc1. The topological polar surface area (TPSA) is 57.4 Å². The van der Waals surface area contributed by atoms with Gasteiger partial charge in [-0.15, -0.1) is 0 Å². The lowest BCUT2D eigenvalue weighted by atomic mass is 9.99. The Balaban J connectivity index is 1.18. The smallest absolute Gasteiger partial charge is 0.0737 e. The quantitative estimate of drug-likeness (QED) is 0.148. The molecule has 4 nitrogen and oxygen atoms in total. The van der Waals surface area contributed by atoms with Crippen LogP contribution in [0.4, 0.5) is 0 Å². The van der Waals surface area contributed by atoms with E-state index in [2.05, 4.69) is 108 Å². The molecule has 0 unspecified atom stereocenters. The van der Waals surface area contributed by atoms with Crippen molar-refractivity contribution in [2.45, 2.75) is 77.6 Å². The molecule has 0 amide bonds. The van der Waals surface area contributed by atoms with Crippen LogP contribution in [0.25, 0.3) is 45.9 Å². The Morgan fingerprint density at radius 1 is 0.524 bits per heavy atom. The van der Waals surface area contributed by atoms with Gasteiger partial charge in [-0.25, -0.2) is 9.97 Å². The highest BCUT2D eigenvalue weighted by Crippen LogP contribution is 2.30. The van der Waals surface area contributed by atoms with Crippen LogP contribution >= 0.6 is 0 Å². The Morgan fingerprint density at radius 2 is 1.07 bits per heavy atom. The number of unbranched alkanes of at least 4 members (excludes halogenated alkanes) is 9. The number of nitrogens with zero attached hydrogens (tertiary/aromatic N) is 2. The molecule has 4 heteroatoms. The van der Waals surface area contributed by atoms with Gasteiger partial charge in [0.1, 0.15) is 0 Å². The minimum absolute atomic E-state index is 0.914. The largest absolute Gasteiger partial charge is 0.355 e. The van der Waals surface area contributed by atoms with Crippen LogP contribution in [0, 0.1) is 0 Å². The lowest BCUT2D eigenvalue weighted by Gasteiger charge is -2.06. The van der Waals surface area contributed by atoms with Gasteiger partial charge in [-0.05, 0) is 90.7 Å². The molecule has 0 atom stereocenters. The Labute approximate surface area is 249 Å². The summed E-state index contributed by atoms with van der Waals surface area (Å²) >= 11 is 0. The highest BCUT2D eigenvalue weighted by atomic mass is 14.8. The molecule has 6 rings (SSSR count). The molecular weight excluding hydrogens is 512 g/mol. The minimum atomic E-state index is 0.914. The maximum absolute atomic E-state index is 5.03. The minimum Gasteiger partial charge on any atom is -0.355 e. The molecule has 214 valence electrons. The molecule has 1 aromatic carbocycles. The summed E-state index contributed by atoms with van der Waals surface area (Å²) in [5.74, 6) is 0. The number of aromatic amines is 2. The molecule has 2 aliphatic heterocycles. The van der Waals surface area contributed by atoms with Crippen LogP contribution in [0.1, 0.15) is 105 Å². The van der Waals surface area contributed by atoms with E-state index in [1.54, 1.807) is 0 Å². The Morgan fingerprint density at radius 3 is 1.71 bits per heavy atom. The third-order valence-electron chi connectivity index (χ3n) is 8.25. The zero-order valence-electron chi connectivity index (χ0n) is 24.8. The van der Waals surface area contributed by atoms with Gasteiger partial charge in [0.05, 0.1) is 22.8 Å². The number of hydrogen-bond donors (Lipinski definition) is 2. The molecule has 0 saturated heterocycles. The number of benzene rings is 1. The predicted octanol–water partition coefficient (Wildman–Crippen LogP) is 10.5. The second kappa shape index (κ2) is 13.7. The number of fused-ring (bicyclic) bond motifs is 8. The number of hydrogen-bond acceptors (Lipinski definition) is 2. The summed E-state index contributed by atoms with van der Waals surface area (Å²) in [5.41, 5.74) is 11.6. The first-order valence-corrected chi connectivity index (χ1v) is 15.9. The normalized spacial score (nSPS) is 12.5. The van der Waals surface area contributed by atoms with Crippen molar-refractivity contribution in [3.63, 3.8) is 0 Å². The van der Waals surface area contributed by atoms with Gasteiger partial charge in [0, 0.05) is 27.6 Å². The molecule has 0 aliphatic carbocycles. The molecule has 0 saturated carbocycles. The average Bonchev–Trinajstić information content (AvgIpc) is 3.80. The molecular formula is C38H42N4. The van der Waals surface area contributed by atoms with Crippen molar-refractivity contribution in [3.8, 4) is 0 Å². The fourth-order valence-corrected chi connectivity index (χ4v) is 5.91. The molecule has 2 N–H and O–H groups in total. The van der Waals surface area contributed by atoms with Crippen LogP contribution in [-0.2, 0) is 6.42 Å². The van der Waals surface area contributed by atoms with Crippen molar-refractivity contribution in [2.75, 3.05) is 0 Å². The number of nitrogens with one attached hydrogen (secondary N) is 2. The van der Waals surface area contributed by atoms with E-state index in [0.717, 1.165) is 56.8 Å². The van der Waals surface area contributed by atoms with E-state index in [1.807, 2.05) is 0 Å². The second-order valence-corrected chi connectivity index (χ2v) is 11.7. The Kier molecular flexibility index (Phi) is 9.09. The summed E-state index contributed by atoms with van der Waals surface area (Å²) in [4.78, 5) is 16.8. The molecule has 5 heterocycles. The van der Waals surface area contributed by atoms with Crippen LogP contribution in [0.15, 0.2) is 72.8 Å². The number of H-pyrrole nitrogens is 2. The van der Waals surface area contributed by atoms with Crippen molar-refractivity contribution >= 4 is 45.9 Å². The van der Waals surface area contributed by atoms with Crippen molar-refractivity contribution in [1.82, 2.24) is 19.9 Å². The fraction of sp³-hybridized carbons (Fsp3) is 0.316. The molecule has 42 heavy (non-hydrogen) atoms. The van der Waals surface area contributed by atoms with Gasteiger partial charge in [-0.3, -0.25) is 0 Å². The highest BCUT2D eigenvalue weighted by molar-refractivity contribution is 5.93. The molecule has 0 spiro atoms. The first kappa shape index (κ1) is 28.0. The average molecular weight is 555 g/mol. The van der Waals surface area contributed by atoms with Gasteiger partial charge in [0.2, 0.25) is 0 Å². The van der Waals surface area contributed by atoms with Crippen LogP contribution in [0.2, 0.25) is 0 Å². The summed E-state index contributed by atoms with van der Waals surface area (Å²) in [6, 6.07) is 25.9. The standard InChI is InChI=1S/C38H42N4/c1-2-3-4-5-6-7-8-9-10-11-12-28-13-15-29(16-14-28)37-26-36-25-34-20-19-32(40-34)23-30-17-18-31(39-30)24-33-21-22-35(41-33)27-38(37)42-36/h13-27,39-40H,2-12H2,1H3. The maximum Gasteiger partial charge on any atom is 0.0737 e. The van der Waals surface area contributed by atoms with Crippen LogP contribution in [-0.4, -0.2) is 19.9 Å². The monoisotopic (exact) mass is 554 g/mol. The van der Waals surface area contributed by atoms with E-state index < -0.39 is 0 Å². The van der Waals surface area contributed by atoms with Crippen molar-refractivity contribution < 1.29 is 0 Å². The maximum atomic E-state index is 5.03. The zero-order chi connectivity index (χ0) is 28.6. The van der Waals surface area contributed by atoms with E-state index in [-0.39, 0.29) is 0 Å².